The largest absolute Gasteiger partial charge is 0.271 e. The number of hydrazine groups is 1. The second-order valence-corrected chi connectivity index (χ2v) is 4.30. The van der Waals surface area contributed by atoms with Gasteiger partial charge in [0, 0.05) is 17.5 Å². The monoisotopic (exact) mass is 263 g/mol. The van der Waals surface area contributed by atoms with E-state index in [1.54, 1.807) is 12.3 Å². The molecule has 0 fully saturated rings. The molecule has 0 aliphatic rings. The zero-order valence-corrected chi connectivity index (χ0v) is 10.5. The fourth-order valence-electron chi connectivity index (χ4n) is 2.06. The lowest BCUT2D eigenvalue weighted by atomic mass is 9.98. The van der Waals surface area contributed by atoms with Gasteiger partial charge >= 0.3 is 0 Å². The molecule has 100 valence electrons. The van der Waals surface area contributed by atoms with Crippen LogP contribution in [-0.4, -0.2) is 4.98 Å². The number of hydrogen-bond acceptors (Lipinski definition) is 3. The van der Waals surface area contributed by atoms with Gasteiger partial charge in [0.1, 0.15) is 11.6 Å². The number of halogens is 2. The van der Waals surface area contributed by atoms with Crippen molar-refractivity contribution in [3.05, 3.63) is 65.0 Å². The van der Waals surface area contributed by atoms with E-state index in [0.717, 1.165) is 11.3 Å². The number of nitrogens with one attached hydrogen (secondary N) is 1. The molecule has 0 aliphatic carbocycles. The molecule has 0 aliphatic heterocycles. The van der Waals surface area contributed by atoms with E-state index in [4.69, 9.17) is 5.84 Å². The van der Waals surface area contributed by atoms with Crippen LogP contribution in [0.2, 0.25) is 0 Å². The predicted octanol–water partition coefficient (Wildman–Crippen LogP) is 2.42. The first-order chi connectivity index (χ1) is 9.13. The molecule has 2 rings (SSSR count). The van der Waals surface area contributed by atoms with Crippen molar-refractivity contribution in [2.45, 2.75) is 19.4 Å². The van der Waals surface area contributed by atoms with Crippen LogP contribution in [0, 0.1) is 18.6 Å². The first kappa shape index (κ1) is 13.6. The highest BCUT2D eigenvalue weighted by Crippen LogP contribution is 2.23. The molecule has 1 aromatic carbocycles. The number of nitrogens with two attached hydrogens (primary N) is 1. The summed E-state index contributed by atoms with van der Waals surface area (Å²) in [5, 5.41) is 0. The average Bonchev–Trinajstić information content (AvgIpc) is 2.40. The smallest absolute Gasteiger partial charge is 0.129 e. The Morgan fingerprint density at radius 2 is 1.89 bits per heavy atom. The quantitative estimate of drug-likeness (QED) is 0.658. The van der Waals surface area contributed by atoms with Gasteiger partial charge in [0.05, 0.1) is 6.04 Å². The number of rotatable bonds is 4. The predicted molar refractivity (Wildman–Crippen MR) is 69.1 cm³/mol. The summed E-state index contributed by atoms with van der Waals surface area (Å²) in [5.41, 5.74) is 4.22. The van der Waals surface area contributed by atoms with Crippen LogP contribution in [0.3, 0.4) is 0 Å². The second-order valence-electron chi connectivity index (χ2n) is 4.30. The minimum absolute atomic E-state index is 0.0219. The van der Waals surface area contributed by atoms with Crippen molar-refractivity contribution >= 4 is 0 Å². The maximum Gasteiger partial charge on any atom is 0.129 e. The van der Waals surface area contributed by atoms with Crippen molar-refractivity contribution in [3.8, 4) is 0 Å². The number of pyridine rings is 1. The fraction of sp³-hybridized carbons (Fsp3) is 0.214. The highest BCUT2D eigenvalue weighted by atomic mass is 19.1. The average molecular weight is 263 g/mol. The van der Waals surface area contributed by atoms with Crippen molar-refractivity contribution in [2.75, 3.05) is 0 Å². The van der Waals surface area contributed by atoms with Crippen molar-refractivity contribution in [1.29, 1.82) is 0 Å². The Bertz CT molecular complexity index is 552. The summed E-state index contributed by atoms with van der Waals surface area (Å²) in [6, 6.07) is 7.04. The van der Waals surface area contributed by atoms with Crippen LogP contribution in [0.25, 0.3) is 0 Å². The molecule has 1 atom stereocenters. The molecule has 1 heterocycles. The summed E-state index contributed by atoms with van der Waals surface area (Å²) in [7, 11) is 0. The van der Waals surface area contributed by atoms with Crippen LogP contribution in [0.15, 0.2) is 36.5 Å². The Hall–Kier alpha value is -1.85. The standard InChI is InChI=1S/C14H15F2N3/c1-9-10(4-3-7-18-9)14(19-17)8-11-12(15)5-2-6-13(11)16/h2-7,14,19H,8,17H2,1H3. The van der Waals surface area contributed by atoms with Gasteiger partial charge in [0.25, 0.3) is 0 Å². The third-order valence-electron chi connectivity index (χ3n) is 3.09. The molecule has 5 heteroatoms. The van der Waals surface area contributed by atoms with Crippen molar-refractivity contribution < 1.29 is 8.78 Å². The van der Waals surface area contributed by atoms with Gasteiger partial charge in [0.2, 0.25) is 0 Å². The molecule has 0 amide bonds. The Balaban J connectivity index is 2.32. The van der Waals surface area contributed by atoms with E-state index in [2.05, 4.69) is 10.4 Å². The van der Waals surface area contributed by atoms with E-state index in [-0.39, 0.29) is 18.0 Å². The zero-order chi connectivity index (χ0) is 13.8. The maximum atomic E-state index is 13.6. The lowest BCUT2D eigenvalue weighted by molar-refractivity contribution is 0.497. The van der Waals surface area contributed by atoms with Crippen LogP contribution >= 0.6 is 0 Å². The van der Waals surface area contributed by atoms with Gasteiger partial charge in [-0.2, -0.15) is 0 Å². The lowest BCUT2D eigenvalue weighted by Gasteiger charge is -2.18. The normalized spacial score (nSPS) is 12.4. The number of benzene rings is 1. The molecule has 0 spiro atoms. The summed E-state index contributed by atoms with van der Waals surface area (Å²) >= 11 is 0. The number of aromatic nitrogens is 1. The third-order valence-corrected chi connectivity index (χ3v) is 3.09. The molecule has 2 aromatic rings. The maximum absolute atomic E-state index is 13.6. The Morgan fingerprint density at radius 1 is 1.21 bits per heavy atom. The van der Waals surface area contributed by atoms with Gasteiger partial charge in [-0.05, 0) is 37.1 Å². The Kier molecular flexibility index (Phi) is 4.19. The van der Waals surface area contributed by atoms with Gasteiger partial charge in [-0.3, -0.25) is 16.3 Å². The van der Waals surface area contributed by atoms with Crippen LogP contribution in [0.4, 0.5) is 8.78 Å². The lowest BCUT2D eigenvalue weighted by Crippen LogP contribution is -2.30. The molecule has 0 saturated carbocycles. The molecule has 0 saturated heterocycles. The molecule has 0 radical (unpaired) electrons. The topological polar surface area (TPSA) is 50.9 Å². The molecule has 1 aromatic heterocycles. The van der Waals surface area contributed by atoms with Gasteiger partial charge in [-0.25, -0.2) is 8.78 Å². The van der Waals surface area contributed by atoms with E-state index in [9.17, 15) is 8.78 Å². The molecule has 3 nitrogen and oxygen atoms in total. The number of nitrogens with zero attached hydrogens (tertiary/aromatic N) is 1. The molecule has 1 unspecified atom stereocenters. The third kappa shape index (κ3) is 2.94. The zero-order valence-electron chi connectivity index (χ0n) is 10.5. The molecular weight excluding hydrogens is 248 g/mol. The van der Waals surface area contributed by atoms with E-state index < -0.39 is 11.6 Å². The van der Waals surface area contributed by atoms with E-state index in [1.807, 2.05) is 13.0 Å². The summed E-state index contributed by atoms with van der Waals surface area (Å²) < 4.78 is 27.3. The Morgan fingerprint density at radius 3 is 2.47 bits per heavy atom. The highest BCUT2D eigenvalue weighted by Gasteiger charge is 2.18. The minimum Gasteiger partial charge on any atom is -0.271 e. The van der Waals surface area contributed by atoms with Crippen LogP contribution in [-0.2, 0) is 6.42 Å². The minimum atomic E-state index is -0.568. The van der Waals surface area contributed by atoms with Gasteiger partial charge in [-0.1, -0.05) is 12.1 Å². The van der Waals surface area contributed by atoms with E-state index >= 15 is 0 Å². The summed E-state index contributed by atoms with van der Waals surface area (Å²) in [5.74, 6) is 4.36. The van der Waals surface area contributed by atoms with Gasteiger partial charge in [-0.15, -0.1) is 0 Å². The van der Waals surface area contributed by atoms with E-state index in [1.165, 1.54) is 18.2 Å². The van der Waals surface area contributed by atoms with E-state index in [0.29, 0.717) is 0 Å². The van der Waals surface area contributed by atoms with Crippen LogP contribution in [0.1, 0.15) is 22.9 Å². The second kappa shape index (κ2) is 5.86. The summed E-state index contributed by atoms with van der Waals surface area (Å²) in [6.07, 6.45) is 1.79. The van der Waals surface area contributed by atoms with Crippen molar-refractivity contribution in [2.24, 2.45) is 5.84 Å². The fourth-order valence-corrected chi connectivity index (χ4v) is 2.06. The van der Waals surface area contributed by atoms with Crippen molar-refractivity contribution in [1.82, 2.24) is 10.4 Å². The SMILES string of the molecule is Cc1ncccc1C(Cc1c(F)cccc1F)NN. The molecular formula is C14H15F2N3. The summed E-state index contributed by atoms with van der Waals surface area (Å²) in [6.45, 7) is 1.83. The van der Waals surface area contributed by atoms with Crippen LogP contribution in [0.5, 0.6) is 0 Å². The molecule has 19 heavy (non-hydrogen) atoms. The van der Waals surface area contributed by atoms with Gasteiger partial charge in [0.15, 0.2) is 0 Å². The number of hydrogen-bond donors (Lipinski definition) is 2. The van der Waals surface area contributed by atoms with Gasteiger partial charge < -0.3 is 0 Å². The highest BCUT2D eigenvalue weighted by molar-refractivity contribution is 5.27. The number of aryl methyl sites for hydroxylation is 1. The molecule has 0 bridgehead atoms. The van der Waals surface area contributed by atoms with Crippen molar-refractivity contribution in [3.63, 3.8) is 0 Å². The summed E-state index contributed by atoms with van der Waals surface area (Å²) in [4.78, 5) is 4.15. The first-order valence-electron chi connectivity index (χ1n) is 5.94. The Labute approximate surface area is 110 Å². The first-order valence-corrected chi connectivity index (χ1v) is 5.94. The van der Waals surface area contributed by atoms with Crippen LogP contribution < -0.4 is 11.3 Å². The molecule has 3 N–H and O–H groups in total.